The molecule has 2 aromatic carbocycles. The number of para-hydroxylation sites is 2. The van der Waals surface area contributed by atoms with Crippen LogP contribution in [0.2, 0.25) is 0 Å². The number of anilines is 1. The summed E-state index contributed by atoms with van der Waals surface area (Å²) in [5.74, 6) is -2.31. The maximum atomic E-state index is 14.7. The highest BCUT2D eigenvalue weighted by atomic mass is 32.2. The van der Waals surface area contributed by atoms with E-state index in [-0.39, 0.29) is 43.3 Å². The molecule has 55 heavy (non-hydrogen) atoms. The molecule has 2 saturated carbocycles. The van der Waals surface area contributed by atoms with Crippen molar-refractivity contribution in [3.8, 4) is 6.01 Å². The largest absolute Gasteiger partial charge is 0.459 e. The van der Waals surface area contributed by atoms with Crippen LogP contribution < -0.4 is 25.4 Å². The van der Waals surface area contributed by atoms with E-state index in [2.05, 4.69) is 20.7 Å². The first-order chi connectivity index (χ1) is 26.3. The highest BCUT2D eigenvalue weighted by Gasteiger charge is 2.63. The van der Waals surface area contributed by atoms with Gasteiger partial charge in [-0.05, 0) is 83.6 Å². The van der Waals surface area contributed by atoms with Gasteiger partial charge in [0, 0.05) is 31.1 Å². The van der Waals surface area contributed by atoms with Crippen LogP contribution in [0.15, 0.2) is 60.7 Å². The second kappa shape index (κ2) is 15.0. The summed E-state index contributed by atoms with van der Waals surface area (Å²) in [6.45, 7) is 5.62. The van der Waals surface area contributed by atoms with Crippen molar-refractivity contribution in [1.29, 1.82) is 0 Å². The summed E-state index contributed by atoms with van der Waals surface area (Å²) in [4.78, 5) is 62.2. The third kappa shape index (κ3) is 7.54. The van der Waals surface area contributed by atoms with Gasteiger partial charge < -0.3 is 25.6 Å². The predicted molar refractivity (Wildman–Crippen MR) is 208 cm³/mol. The lowest BCUT2D eigenvalue weighted by molar-refractivity contribution is -0.140. The predicted octanol–water partition coefficient (Wildman–Crippen LogP) is 4.20. The Morgan fingerprint density at radius 2 is 1.80 bits per heavy atom. The molecule has 2 aliphatic heterocycles. The Balaban J connectivity index is 1.23. The second-order valence-electron chi connectivity index (χ2n) is 15.9. The number of hydrogen-bond donors (Lipinski definition) is 4. The standard InChI is InChI=1S/C40H51N7O7S/c1-25(2)47-31-19-13-17-29(34(48)41-4)33(31)43-38(47)54-28-22-32-35(49)44-40(37(51)45-55(52,53)39(3)20-21-39)23-26(40)14-9-6-5-7-12-18-30(36(50)46(32)24-28)42-27-15-10-8-11-16-27/h8-11,13-17,19,25-26,28,30,32,42H,5-7,12,18,20-24H2,1-4H3,(H,41,48)(H,44,49)(H,45,51)/b14-9-/t26-,28-,30+,32+,40-/m1/s1. The van der Waals surface area contributed by atoms with Gasteiger partial charge in [-0.2, -0.15) is 4.98 Å². The van der Waals surface area contributed by atoms with Crippen LogP contribution in [0.3, 0.4) is 0 Å². The van der Waals surface area contributed by atoms with Gasteiger partial charge in [-0.3, -0.25) is 28.5 Å². The summed E-state index contributed by atoms with van der Waals surface area (Å²) in [6.07, 6.45) is 8.24. The Morgan fingerprint density at radius 3 is 2.51 bits per heavy atom. The second-order valence-corrected chi connectivity index (χ2v) is 18.1. The molecule has 1 saturated heterocycles. The van der Waals surface area contributed by atoms with Gasteiger partial charge in [0.15, 0.2) is 0 Å². The molecule has 4 N–H and O–H groups in total. The summed E-state index contributed by atoms with van der Waals surface area (Å²) in [5.41, 5.74) is 0.852. The maximum Gasteiger partial charge on any atom is 0.297 e. The Bertz CT molecular complexity index is 2110. The fraction of sp³-hybridized carbons (Fsp3) is 0.525. The number of sulfonamides is 1. The molecule has 1 aromatic heterocycles. The molecule has 3 fully saturated rings. The zero-order valence-electron chi connectivity index (χ0n) is 31.8. The van der Waals surface area contributed by atoms with Crippen LogP contribution in [0.1, 0.15) is 95.0 Å². The number of imidazole rings is 1. The van der Waals surface area contributed by atoms with Crippen LogP contribution in [0.25, 0.3) is 11.0 Å². The highest BCUT2D eigenvalue weighted by molar-refractivity contribution is 7.91. The van der Waals surface area contributed by atoms with Crippen LogP contribution in [-0.4, -0.2) is 88.6 Å². The van der Waals surface area contributed by atoms with Gasteiger partial charge in [0.1, 0.15) is 29.2 Å². The van der Waals surface area contributed by atoms with Gasteiger partial charge in [0.25, 0.3) is 17.8 Å². The lowest BCUT2D eigenvalue weighted by Crippen LogP contribution is -2.58. The Labute approximate surface area is 321 Å². The molecule has 3 heterocycles. The summed E-state index contributed by atoms with van der Waals surface area (Å²) in [6, 6.07) is 13.3. The zero-order chi connectivity index (χ0) is 39.1. The number of fused-ring (bicyclic) bond motifs is 3. The van der Waals surface area contributed by atoms with Crippen LogP contribution in [0, 0.1) is 5.92 Å². The number of allylic oxidation sites excluding steroid dienone is 1. The van der Waals surface area contributed by atoms with Gasteiger partial charge in [0.2, 0.25) is 21.8 Å². The van der Waals surface area contributed by atoms with E-state index in [4.69, 9.17) is 9.72 Å². The molecular weight excluding hydrogens is 723 g/mol. The molecule has 5 atom stereocenters. The molecular formula is C40H51N7O7S. The van der Waals surface area contributed by atoms with Crippen molar-refractivity contribution in [1.82, 2.24) is 29.8 Å². The minimum absolute atomic E-state index is 0.0583. The number of carbonyl (C=O) groups excluding carboxylic acids is 4. The molecule has 294 valence electrons. The van der Waals surface area contributed by atoms with Gasteiger partial charge in [0.05, 0.1) is 22.4 Å². The number of hydrogen-bond acceptors (Lipinski definition) is 9. The molecule has 0 unspecified atom stereocenters. The van der Waals surface area contributed by atoms with E-state index in [1.807, 2.05) is 67.0 Å². The quantitative estimate of drug-likeness (QED) is 0.232. The van der Waals surface area contributed by atoms with Crippen LogP contribution in [0.4, 0.5) is 5.69 Å². The SMILES string of the molecule is CNC(=O)c1cccc2c1nc(O[C@@H]1C[C@H]3C(=O)N[C@]4(C(=O)NS(=O)(=O)C5(C)CC5)C[C@H]4/C=C\CCCCC[C@H](Nc4ccccc4)C(=O)N3C1)n2C(C)C. The fourth-order valence-electron chi connectivity index (χ4n) is 7.83. The molecule has 15 heteroatoms. The molecule has 0 spiro atoms. The van der Waals surface area contributed by atoms with Crippen molar-refractivity contribution in [3.05, 3.63) is 66.2 Å². The van der Waals surface area contributed by atoms with Gasteiger partial charge in [-0.1, -0.05) is 49.3 Å². The molecule has 0 bridgehead atoms. The first kappa shape index (κ1) is 38.4. The van der Waals surface area contributed by atoms with E-state index in [0.29, 0.717) is 35.9 Å². The zero-order valence-corrected chi connectivity index (χ0v) is 32.7. The van der Waals surface area contributed by atoms with Crippen molar-refractivity contribution in [2.24, 2.45) is 5.92 Å². The molecule has 14 nitrogen and oxygen atoms in total. The molecule has 3 aromatic rings. The third-order valence-corrected chi connectivity index (χ3v) is 13.7. The van der Waals surface area contributed by atoms with E-state index >= 15 is 0 Å². The van der Waals surface area contributed by atoms with Crippen LogP contribution in [-0.2, 0) is 24.4 Å². The number of nitrogens with one attached hydrogen (secondary N) is 4. The van der Waals surface area contributed by atoms with Crippen molar-refractivity contribution in [2.75, 3.05) is 18.9 Å². The number of carbonyl (C=O) groups is 4. The first-order valence-corrected chi connectivity index (χ1v) is 20.8. The summed E-state index contributed by atoms with van der Waals surface area (Å²) >= 11 is 0. The Kier molecular flexibility index (Phi) is 10.4. The lowest BCUT2D eigenvalue weighted by Gasteiger charge is -2.30. The average Bonchev–Trinajstić information content (AvgIpc) is 3.98. The highest BCUT2D eigenvalue weighted by Crippen LogP contribution is 2.47. The molecule has 4 amide bonds. The van der Waals surface area contributed by atoms with Crippen molar-refractivity contribution < 1.29 is 32.3 Å². The normalized spacial score (nSPS) is 27.2. The minimum atomic E-state index is -3.97. The Hall–Kier alpha value is -4.92. The topological polar surface area (TPSA) is 181 Å². The van der Waals surface area contributed by atoms with Gasteiger partial charge in [-0.15, -0.1) is 0 Å². The number of benzene rings is 2. The van der Waals surface area contributed by atoms with Crippen molar-refractivity contribution in [2.45, 2.75) is 113 Å². The van der Waals surface area contributed by atoms with E-state index in [1.54, 1.807) is 26.1 Å². The number of rotatable bonds is 9. The average molecular weight is 774 g/mol. The van der Waals surface area contributed by atoms with Crippen molar-refractivity contribution >= 4 is 50.4 Å². The van der Waals surface area contributed by atoms with Gasteiger partial charge >= 0.3 is 0 Å². The van der Waals surface area contributed by atoms with Gasteiger partial charge in [-0.25, -0.2) is 8.42 Å². The van der Waals surface area contributed by atoms with E-state index in [9.17, 15) is 27.6 Å². The summed E-state index contributed by atoms with van der Waals surface area (Å²) < 4.78 is 36.1. The van der Waals surface area contributed by atoms with E-state index in [0.717, 1.165) is 31.4 Å². The first-order valence-electron chi connectivity index (χ1n) is 19.3. The number of amides is 4. The summed E-state index contributed by atoms with van der Waals surface area (Å²) in [5, 5.41) is 9.02. The lowest BCUT2D eigenvalue weighted by atomic mass is 10.0. The third-order valence-electron chi connectivity index (χ3n) is 11.5. The molecule has 7 rings (SSSR count). The Morgan fingerprint density at radius 1 is 1.04 bits per heavy atom. The maximum absolute atomic E-state index is 14.7. The van der Waals surface area contributed by atoms with Crippen molar-refractivity contribution in [3.63, 3.8) is 0 Å². The van der Waals surface area contributed by atoms with Crippen LogP contribution in [0.5, 0.6) is 6.01 Å². The monoisotopic (exact) mass is 773 g/mol. The fourth-order valence-corrected chi connectivity index (χ4v) is 9.14. The smallest absolute Gasteiger partial charge is 0.297 e. The molecule has 4 aliphatic rings. The minimum Gasteiger partial charge on any atom is -0.459 e. The van der Waals surface area contributed by atoms with E-state index < -0.39 is 56.2 Å². The summed E-state index contributed by atoms with van der Waals surface area (Å²) in [7, 11) is -2.42. The number of ether oxygens (including phenoxy) is 1. The number of aromatic nitrogens is 2. The number of nitrogens with zero attached hydrogens (tertiary/aromatic N) is 3. The van der Waals surface area contributed by atoms with Crippen LogP contribution >= 0.6 is 0 Å². The molecule has 0 radical (unpaired) electrons. The molecule has 2 aliphatic carbocycles. The van der Waals surface area contributed by atoms with E-state index in [1.165, 1.54) is 4.90 Å².